The van der Waals surface area contributed by atoms with Crippen molar-refractivity contribution in [2.24, 2.45) is 0 Å². The number of benzene rings is 1. The lowest BCUT2D eigenvalue weighted by molar-refractivity contribution is 0.273. The van der Waals surface area contributed by atoms with Gasteiger partial charge in [0.2, 0.25) is 10.0 Å². The van der Waals surface area contributed by atoms with Gasteiger partial charge in [0.15, 0.2) is 0 Å². The van der Waals surface area contributed by atoms with Gasteiger partial charge in [-0.2, -0.15) is 8.61 Å². The Hall–Kier alpha value is -1.26. The van der Waals surface area contributed by atoms with Crippen LogP contribution in [0.4, 0.5) is 0 Å². The average molecular weight is 429 g/mol. The number of hydrogen-bond acceptors (Lipinski definition) is 5. The number of sulfonamides is 2. The van der Waals surface area contributed by atoms with Crippen molar-refractivity contribution in [3.63, 3.8) is 0 Å². The molecule has 0 unspecified atom stereocenters. The average Bonchev–Trinajstić information content (AvgIpc) is 3.22. The van der Waals surface area contributed by atoms with E-state index in [1.807, 2.05) is 12.1 Å². The highest BCUT2D eigenvalue weighted by Gasteiger charge is 2.34. The largest absolute Gasteiger partial charge is 0.252 e. The number of rotatable bonds is 7. The summed E-state index contributed by atoms with van der Waals surface area (Å²) in [4.78, 5) is 0.261. The van der Waals surface area contributed by atoms with E-state index < -0.39 is 20.0 Å². The monoisotopic (exact) mass is 428 g/mol. The lowest BCUT2D eigenvalue weighted by Gasteiger charge is -2.33. The number of thiophene rings is 1. The van der Waals surface area contributed by atoms with Crippen LogP contribution in [0.2, 0.25) is 0 Å². The molecule has 2 heterocycles. The molecule has 1 fully saturated rings. The maximum absolute atomic E-state index is 12.9. The van der Waals surface area contributed by atoms with Crippen molar-refractivity contribution in [3.05, 3.63) is 47.3 Å². The Kier molecular flexibility index (Phi) is 6.37. The van der Waals surface area contributed by atoms with E-state index in [-0.39, 0.29) is 31.1 Å². The second-order valence-corrected chi connectivity index (χ2v) is 11.5. The summed E-state index contributed by atoms with van der Waals surface area (Å²) in [6.45, 7) is 2.76. The van der Waals surface area contributed by atoms with E-state index in [0.29, 0.717) is 4.21 Å². The van der Waals surface area contributed by atoms with Crippen LogP contribution in [-0.4, -0.2) is 51.6 Å². The van der Waals surface area contributed by atoms with Crippen molar-refractivity contribution in [2.45, 2.75) is 35.3 Å². The van der Waals surface area contributed by atoms with Crippen LogP contribution in [0.25, 0.3) is 0 Å². The molecule has 0 radical (unpaired) electrons. The zero-order valence-electron chi connectivity index (χ0n) is 15.2. The molecule has 1 aromatic heterocycles. The number of piperazine rings is 1. The molecule has 3 rings (SSSR count). The molecule has 1 saturated heterocycles. The summed E-state index contributed by atoms with van der Waals surface area (Å²) in [6.07, 6.45) is 3.11. The van der Waals surface area contributed by atoms with Gasteiger partial charge in [-0.15, -0.1) is 11.3 Å². The van der Waals surface area contributed by atoms with Gasteiger partial charge in [0, 0.05) is 26.2 Å². The molecule has 27 heavy (non-hydrogen) atoms. The minimum atomic E-state index is -3.61. The van der Waals surface area contributed by atoms with E-state index in [0.717, 1.165) is 24.8 Å². The normalized spacial score (nSPS) is 17.2. The molecule has 1 aliphatic heterocycles. The summed E-state index contributed by atoms with van der Waals surface area (Å²) in [6, 6.07) is 10.3. The second kappa shape index (κ2) is 8.40. The molecule has 0 amide bonds. The highest BCUT2D eigenvalue weighted by molar-refractivity contribution is 7.91. The molecule has 0 bridgehead atoms. The van der Waals surface area contributed by atoms with Crippen molar-refractivity contribution < 1.29 is 16.8 Å². The first-order valence-electron chi connectivity index (χ1n) is 8.98. The van der Waals surface area contributed by atoms with E-state index in [2.05, 4.69) is 6.92 Å². The lowest BCUT2D eigenvalue weighted by atomic mass is 10.1. The first-order chi connectivity index (χ1) is 12.9. The Morgan fingerprint density at radius 1 is 0.889 bits per heavy atom. The fraction of sp³-hybridized carbons (Fsp3) is 0.444. The molecule has 1 aromatic carbocycles. The Balaban J connectivity index is 1.68. The minimum absolute atomic E-state index is 0.157. The topological polar surface area (TPSA) is 74.8 Å². The predicted octanol–water partition coefficient (Wildman–Crippen LogP) is 2.79. The van der Waals surface area contributed by atoms with Crippen LogP contribution < -0.4 is 0 Å². The number of hydrogen-bond donors (Lipinski definition) is 0. The quantitative estimate of drug-likeness (QED) is 0.680. The highest BCUT2D eigenvalue weighted by atomic mass is 32.2. The van der Waals surface area contributed by atoms with Crippen LogP contribution in [0.1, 0.15) is 25.3 Å². The van der Waals surface area contributed by atoms with Crippen LogP contribution in [0.15, 0.2) is 50.9 Å². The van der Waals surface area contributed by atoms with E-state index in [4.69, 9.17) is 0 Å². The Labute approximate surface area is 165 Å². The molecule has 0 N–H and O–H groups in total. The number of nitrogens with zero attached hydrogens (tertiary/aromatic N) is 2. The summed E-state index contributed by atoms with van der Waals surface area (Å²) in [5.41, 5.74) is 1.13. The molecule has 0 spiro atoms. The Morgan fingerprint density at radius 2 is 1.48 bits per heavy atom. The standard InChI is InChI=1S/C18H24N2O4S3/c1-2-3-5-16-7-9-17(10-8-16)26(21,22)19-11-13-20(14-12-19)27(23,24)18-6-4-15-25-18/h4,6-10,15H,2-3,5,11-14H2,1H3. The van der Waals surface area contributed by atoms with E-state index in [1.165, 1.54) is 19.9 Å². The summed E-state index contributed by atoms with van der Waals surface area (Å²) >= 11 is 1.17. The predicted molar refractivity (Wildman–Crippen MR) is 107 cm³/mol. The van der Waals surface area contributed by atoms with Gasteiger partial charge in [-0.3, -0.25) is 0 Å². The zero-order valence-corrected chi connectivity index (χ0v) is 17.7. The first-order valence-corrected chi connectivity index (χ1v) is 12.7. The Morgan fingerprint density at radius 3 is 2.00 bits per heavy atom. The van der Waals surface area contributed by atoms with Gasteiger partial charge in [0.25, 0.3) is 10.0 Å². The molecule has 2 aromatic rings. The minimum Gasteiger partial charge on any atom is -0.207 e. The number of aryl methyl sites for hydroxylation is 1. The van der Waals surface area contributed by atoms with Crippen molar-refractivity contribution in [2.75, 3.05) is 26.2 Å². The second-order valence-electron chi connectivity index (χ2n) is 6.49. The van der Waals surface area contributed by atoms with Gasteiger partial charge in [-0.25, -0.2) is 16.8 Å². The third-order valence-corrected chi connectivity index (χ3v) is 9.85. The molecule has 1 aliphatic rings. The van der Waals surface area contributed by atoms with Crippen LogP contribution in [0.5, 0.6) is 0 Å². The summed E-state index contributed by atoms with van der Waals surface area (Å²) in [7, 11) is -7.14. The van der Waals surface area contributed by atoms with Gasteiger partial charge in [-0.1, -0.05) is 31.5 Å². The van der Waals surface area contributed by atoms with E-state index in [9.17, 15) is 16.8 Å². The van der Waals surface area contributed by atoms with Crippen molar-refractivity contribution >= 4 is 31.4 Å². The molecule has 9 heteroatoms. The van der Waals surface area contributed by atoms with Crippen LogP contribution in [0.3, 0.4) is 0 Å². The SMILES string of the molecule is CCCCc1ccc(S(=O)(=O)N2CCN(S(=O)(=O)c3cccs3)CC2)cc1. The smallest absolute Gasteiger partial charge is 0.207 e. The molecule has 148 valence electrons. The molecule has 0 saturated carbocycles. The zero-order chi connectivity index (χ0) is 19.5. The van der Waals surface area contributed by atoms with Crippen molar-refractivity contribution in [1.29, 1.82) is 0 Å². The molecule has 6 nitrogen and oxygen atoms in total. The van der Waals surface area contributed by atoms with Crippen LogP contribution >= 0.6 is 11.3 Å². The number of unbranched alkanes of at least 4 members (excludes halogenated alkanes) is 1. The summed E-state index contributed by atoms with van der Waals surface area (Å²) in [5, 5.41) is 1.72. The van der Waals surface area contributed by atoms with E-state index >= 15 is 0 Å². The Bertz CT molecular complexity index is 945. The lowest BCUT2D eigenvalue weighted by Crippen LogP contribution is -2.50. The van der Waals surface area contributed by atoms with Crippen LogP contribution in [-0.2, 0) is 26.5 Å². The molecular formula is C18H24N2O4S3. The molecule has 0 atom stereocenters. The van der Waals surface area contributed by atoms with Crippen molar-refractivity contribution in [1.82, 2.24) is 8.61 Å². The fourth-order valence-corrected chi connectivity index (χ4v) is 7.03. The van der Waals surface area contributed by atoms with Gasteiger partial charge < -0.3 is 0 Å². The summed E-state index contributed by atoms with van der Waals surface area (Å²) < 4.78 is 53.9. The molecule has 0 aliphatic carbocycles. The maximum Gasteiger partial charge on any atom is 0.252 e. The van der Waals surface area contributed by atoms with Crippen molar-refractivity contribution in [3.8, 4) is 0 Å². The van der Waals surface area contributed by atoms with Crippen LogP contribution in [0, 0.1) is 0 Å². The van der Waals surface area contributed by atoms with Gasteiger partial charge >= 0.3 is 0 Å². The van der Waals surface area contributed by atoms with Gasteiger partial charge in [0.05, 0.1) is 4.90 Å². The van der Waals surface area contributed by atoms with E-state index in [1.54, 1.807) is 29.6 Å². The maximum atomic E-state index is 12.9. The van der Waals surface area contributed by atoms with Gasteiger partial charge in [0.1, 0.15) is 4.21 Å². The fourth-order valence-electron chi connectivity index (χ4n) is 3.05. The third-order valence-electron chi connectivity index (χ3n) is 4.67. The molecular weight excluding hydrogens is 404 g/mol. The first kappa shape index (κ1) is 20.5. The van der Waals surface area contributed by atoms with Gasteiger partial charge in [-0.05, 0) is 42.0 Å². The third kappa shape index (κ3) is 4.43. The summed E-state index contributed by atoms with van der Waals surface area (Å²) in [5.74, 6) is 0. The highest BCUT2D eigenvalue weighted by Crippen LogP contribution is 2.24.